The summed E-state index contributed by atoms with van der Waals surface area (Å²) in [6.07, 6.45) is -1.02. The Kier molecular flexibility index (Phi) is 5.28. The van der Waals surface area contributed by atoms with E-state index in [0.717, 1.165) is 23.2 Å². The van der Waals surface area contributed by atoms with Gasteiger partial charge in [0.15, 0.2) is 0 Å². The summed E-state index contributed by atoms with van der Waals surface area (Å²) in [5, 5.41) is 2.87. The zero-order valence-corrected chi connectivity index (χ0v) is 12.5. The average Bonchev–Trinajstić information content (AvgIpc) is 2.43. The molecular formula is C16H22F2N2O. The minimum Gasteiger partial charge on any atom is -0.325 e. The maximum Gasteiger partial charge on any atom is 0.242 e. The molecule has 0 spiro atoms. The van der Waals surface area contributed by atoms with Gasteiger partial charge in [-0.2, -0.15) is 0 Å². The number of amides is 1. The highest BCUT2D eigenvalue weighted by atomic mass is 19.3. The highest BCUT2D eigenvalue weighted by molar-refractivity contribution is 5.93. The molecule has 0 aliphatic carbocycles. The molecule has 0 aromatic heterocycles. The molecule has 1 fully saturated rings. The summed E-state index contributed by atoms with van der Waals surface area (Å²) < 4.78 is 25.5. The van der Waals surface area contributed by atoms with Gasteiger partial charge in [0, 0.05) is 18.2 Å². The van der Waals surface area contributed by atoms with Crippen LogP contribution in [-0.2, 0) is 4.79 Å². The lowest BCUT2D eigenvalue weighted by Crippen LogP contribution is -2.42. The third kappa shape index (κ3) is 4.49. The highest BCUT2D eigenvalue weighted by Gasteiger charge is 2.27. The first-order valence-electron chi connectivity index (χ1n) is 7.33. The average molecular weight is 296 g/mol. The fraction of sp³-hybridized carbons (Fsp3) is 0.562. The molecule has 1 N–H and O–H groups in total. The van der Waals surface area contributed by atoms with Crippen molar-refractivity contribution >= 4 is 11.6 Å². The first kappa shape index (κ1) is 15.9. The second-order valence-electron chi connectivity index (χ2n) is 5.84. The first-order valence-corrected chi connectivity index (χ1v) is 7.33. The number of anilines is 1. The fourth-order valence-electron chi connectivity index (χ4n) is 2.70. The van der Waals surface area contributed by atoms with Gasteiger partial charge in [-0.15, -0.1) is 0 Å². The molecule has 0 radical (unpaired) electrons. The Bertz CT molecular complexity index is 505. The van der Waals surface area contributed by atoms with E-state index in [-0.39, 0.29) is 12.5 Å². The number of nitrogens with one attached hydrogen (secondary N) is 1. The van der Waals surface area contributed by atoms with E-state index >= 15 is 0 Å². The van der Waals surface area contributed by atoms with Gasteiger partial charge in [0.25, 0.3) is 0 Å². The van der Waals surface area contributed by atoms with Crippen LogP contribution in [-0.4, -0.2) is 36.9 Å². The number of aryl methyl sites for hydroxylation is 2. The van der Waals surface area contributed by atoms with Crippen molar-refractivity contribution in [2.75, 3.05) is 25.0 Å². The largest absolute Gasteiger partial charge is 0.325 e. The van der Waals surface area contributed by atoms with Crippen molar-refractivity contribution in [2.24, 2.45) is 5.92 Å². The van der Waals surface area contributed by atoms with Gasteiger partial charge >= 0.3 is 0 Å². The normalized spacial score (nSPS) is 19.8. The van der Waals surface area contributed by atoms with Crippen LogP contribution < -0.4 is 5.32 Å². The van der Waals surface area contributed by atoms with Crippen molar-refractivity contribution in [1.29, 1.82) is 0 Å². The molecule has 2 rings (SSSR count). The number of piperidine rings is 1. The maximum absolute atomic E-state index is 12.7. The number of hydrogen-bond donors (Lipinski definition) is 1. The number of carbonyl (C=O) groups is 1. The Morgan fingerprint density at radius 3 is 2.90 bits per heavy atom. The molecule has 5 heteroatoms. The number of hydrogen-bond acceptors (Lipinski definition) is 2. The molecule has 0 saturated carbocycles. The van der Waals surface area contributed by atoms with Gasteiger partial charge in [-0.25, -0.2) is 8.78 Å². The molecule has 21 heavy (non-hydrogen) atoms. The van der Waals surface area contributed by atoms with Crippen LogP contribution in [0.1, 0.15) is 24.0 Å². The van der Waals surface area contributed by atoms with E-state index in [9.17, 15) is 13.6 Å². The third-order valence-corrected chi connectivity index (χ3v) is 3.93. The molecule has 1 aromatic rings. The Hall–Kier alpha value is -1.49. The van der Waals surface area contributed by atoms with E-state index in [1.54, 1.807) is 0 Å². The van der Waals surface area contributed by atoms with Crippen molar-refractivity contribution in [2.45, 2.75) is 33.1 Å². The highest BCUT2D eigenvalue weighted by Crippen LogP contribution is 2.22. The van der Waals surface area contributed by atoms with Gasteiger partial charge in [-0.3, -0.25) is 9.69 Å². The Morgan fingerprint density at radius 1 is 1.43 bits per heavy atom. The smallest absolute Gasteiger partial charge is 0.242 e. The number of alkyl halides is 2. The zero-order valence-electron chi connectivity index (χ0n) is 12.5. The molecule has 1 atom stereocenters. The number of halogens is 2. The third-order valence-electron chi connectivity index (χ3n) is 3.93. The van der Waals surface area contributed by atoms with Crippen LogP contribution in [0.5, 0.6) is 0 Å². The summed E-state index contributed by atoms with van der Waals surface area (Å²) in [6.45, 7) is 5.09. The molecular weight excluding hydrogens is 274 g/mol. The molecule has 1 amide bonds. The number of likely N-dealkylation sites (tertiary alicyclic amines) is 1. The minimum absolute atomic E-state index is 0.140. The van der Waals surface area contributed by atoms with Crippen LogP contribution in [0, 0.1) is 19.8 Å². The number of benzene rings is 1. The molecule has 1 aliphatic heterocycles. The lowest BCUT2D eigenvalue weighted by molar-refractivity contribution is -0.118. The van der Waals surface area contributed by atoms with E-state index < -0.39 is 12.3 Å². The Labute approximate surface area is 124 Å². The van der Waals surface area contributed by atoms with Gasteiger partial charge in [-0.1, -0.05) is 12.1 Å². The summed E-state index contributed by atoms with van der Waals surface area (Å²) in [6, 6.07) is 5.87. The summed E-state index contributed by atoms with van der Waals surface area (Å²) in [7, 11) is 0. The predicted molar refractivity (Wildman–Crippen MR) is 79.7 cm³/mol. The van der Waals surface area contributed by atoms with Crippen LogP contribution >= 0.6 is 0 Å². The molecule has 1 aliphatic rings. The van der Waals surface area contributed by atoms with Crippen molar-refractivity contribution in [3.63, 3.8) is 0 Å². The minimum atomic E-state index is -2.30. The van der Waals surface area contributed by atoms with E-state index in [0.29, 0.717) is 19.5 Å². The second-order valence-corrected chi connectivity index (χ2v) is 5.84. The van der Waals surface area contributed by atoms with Gasteiger partial charge < -0.3 is 5.32 Å². The molecule has 3 nitrogen and oxygen atoms in total. The quantitative estimate of drug-likeness (QED) is 0.925. The molecule has 0 bridgehead atoms. The summed E-state index contributed by atoms with van der Waals surface area (Å²) in [5.74, 6) is -0.745. The number of rotatable bonds is 4. The van der Waals surface area contributed by atoms with Gasteiger partial charge in [-0.05, 0) is 50.4 Å². The predicted octanol–water partition coefficient (Wildman–Crippen LogP) is 3.22. The molecule has 1 saturated heterocycles. The second kappa shape index (κ2) is 6.98. The van der Waals surface area contributed by atoms with Crippen LogP contribution in [0.3, 0.4) is 0 Å². The molecule has 116 valence electrons. The molecule has 1 heterocycles. The maximum atomic E-state index is 12.7. The van der Waals surface area contributed by atoms with E-state index in [1.807, 2.05) is 36.9 Å². The summed E-state index contributed by atoms with van der Waals surface area (Å²) in [4.78, 5) is 13.9. The monoisotopic (exact) mass is 296 g/mol. The van der Waals surface area contributed by atoms with Crippen molar-refractivity contribution in [3.05, 3.63) is 29.3 Å². The van der Waals surface area contributed by atoms with E-state index in [4.69, 9.17) is 0 Å². The van der Waals surface area contributed by atoms with Crippen molar-refractivity contribution < 1.29 is 13.6 Å². The molecule has 1 unspecified atom stereocenters. The van der Waals surface area contributed by atoms with Gasteiger partial charge in [0.2, 0.25) is 12.3 Å². The summed E-state index contributed by atoms with van der Waals surface area (Å²) in [5.41, 5.74) is 2.87. The number of carbonyl (C=O) groups excluding carboxylic acids is 1. The van der Waals surface area contributed by atoms with Gasteiger partial charge in [0.05, 0.1) is 6.54 Å². The number of nitrogens with zero attached hydrogens (tertiary/aromatic N) is 1. The van der Waals surface area contributed by atoms with Crippen LogP contribution in [0.15, 0.2) is 18.2 Å². The Balaban J connectivity index is 1.91. The zero-order chi connectivity index (χ0) is 15.4. The molecule has 1 aromatic carbocycles. The topological polar surface area (TPSA) is 32.3 Å². The van der Waals surface area contributed by atoms with Crippen LogP contribution in [0.25, 0.3) is 0 Å². The lowest BCUT2D eigenvalue weighted by atomic mass is 9.98. The Morgan fingerprint density at radius 2 is 2.19 bits per heavy atom. The van der Waals surface area contributed by atoms with Crippen LogP contribution in [0.2, 0.25) is 0 Å². The standard InChI is InChI=1S/C16H22F2N2O/c1-11-5-6-12(2)14(8-11)19-15(21)10-20-7-3-4-13(9-20)16(17)18/h5-6,8,13,16H,3-4,7,9-10H2,1-2H3,(H,19,21). The van der Waals surface area contributed by atoms with Crippen molar-refractivity contribution in [3.8, 4) is 0 Å². The van der Waals surface area contributed by atoms with E-state index in [1.165, 1.54) is 0 Å². The van der Waals surface area contributed by atoms with Crippen molar-refractivity contribution in [1.82, 2.24) is 4.90 Å². The van der Waals surface area contributed by atoms with Crippen LogP contribution in [0.4, 0.5) is 14.5 Å². The van der Waals surface area contributed by atoms with E-state index in [2.05, 4.69) is 5.32 Å². The van der Waals surface area contributed by atoms with Gasteiger partial charge in [0.1, 0.15) is 0 Å². The lowest BCUT2D eigenvalue weighted by Gasteiger charge is -2.31. The fourth-order valence-corrected chi connectivity index (χ4v) is 2.70. The SMILES string of the molecule is Cc1ccc(C)c(NC(=O)CN2CCCC(C(F)F)C2)c1. The summed E-state index contributed by atoms with van der Waals surface area (Å²) >= 11 is 0. The first-order chi connectivity index (χ1) is 9.95.